The maximum atomic E-state index is 3.36. The second-order valence-electron chi connectivity index (χ2n) is 1.52. The lowest BCUT2D eigenvalue weighted by Gasteiger charge is -1.48. The molecule has 0 aliphatic heterocycles. The molecule has 0 aliphatic rings. The van der Waals surface area contributed by atoms with Crippen LogP contribution in [0.2, 0.25) is 0 Å². The van der Waals surface area contributed by atoms with Gasteiger partial charge in [-0.2, -0.15) is 0 Å². The molecule has 0 amide bonds. The largest absolute Gasteiger partial charge is 0.103 e. The highest BCUT2D eigenvalue weighted by Gasteiger charge is 1.35. The molecule has 0 N–H and O–H groups in total. The zero-order valence-corrected chi connectivity index (χ0v) is 11.3. The van der Waals surface area contributed by atoms with E-state index in [2.05, 4.69) is 27.0 Å². The molecule has 0 radical (unpaired) electrons. The van der Waals surface area contributed by atoms with Crippen molar-refractivity contribution >= 4 is 0 Å². The average molecular weight is 188 g/mol. The van der Waals surface area contributed by atoms with Crippen LogP contribution in [-0.2, 0) is 0 Å². The monoisotopic (exact) mass is 188 g/mol. The average Bonchev–Trinajstić information content (AvgIpc) is 2.14. The van der Waals surface area contributed by atoms with Gasteiger partial charge < -0.3 is 0 Å². The molecule has 0 heterocycles. The molecule has 0 fully saturated rings. The highest BCUT2D eigenvalue weighted by Crippen LogP contribution is 1.56. The van der Waals surface area contributed by atoms with E-state index in [9.17, 15) is 0 Å². The van der Waals surface area contributed by atoms with Crippen LogP contribution in [-0.4, -0.2) is 0 Å². The van der Waals surface area contributed by atoms with Crippen LogP contribution in [0.1, 0.15) is 61.8 Å². The molecule has 0 atom stereocenters. The minimum absolute atomic E-state index is 1.25. The second kappa shape index (κ2) is 205. The van der Waals surface area contributed by atoms with Gasteiger partial charge in [0.15, 0.2) is 0 Å². The van der Waals surface area contributed by atoms with Crippen molar-refractivity contribution in [2.24, 2.45) is 0 Å². The van der Waals surface area contributed by atoms with Crippen LogP contribution in [0, 0.1) is 0 Å². The fraction of sp³-hybridized carbons (Fsp3) is 0.692. The van der Waals surface area contributed by atoms with Crippen LogP contribution in [0.4, 0.5) is 0 Å². The Morgan fingerprint density at radius 3 is 0.769 bits per heavy atom. The van der Waals surface area contributed by atoms with Gasteiger partial charge in [-0.25, -0.2) is 0 Å². The van der Waals surface area contributed by atoms with E-state index in [1.807, 2.05) is 41.5 Å². The minimum atomic E-state index is 1.25. The van der Waals surface area contributed by atoms with Crippen molar-refractivity contribution in [3.63, 3.8) is 0 Å². The van der Waals surface area contributed by atoms with Gasteiger partial charge in [0, 0.05) is 0 Å². The van der Waals surface area contributed by atoms with Gasteiger partial charge in [0.1, 0.15) is 0 Å². The smallest absolute Gasteiger partial charge is 0.0473 e. The van der Waals surface area contributed by atoms with E-state index in [0.29, 0.717) is 0 Å². The van der Waals surface area contributed by atoms with Gasteiger partial charge in [0.2, 0.25) is 0 Å². The minimum Gasteiger partial charge on any atom is -0.103 e. The third-order valence-corrected chi connectivity index (χ3v) is 0. The van der Waals surface area contributed by atoms with Crippen LogP contribution >= 0.6 is 0 Å². The maximum Gasteiger partial charge on any atom is -0.0473 e. The molecule has 0 unspecified atom stereocenters. The molecule has 0 aromatic carbocycles. The Balaban J connectivity index is -0.0000000208. The first-order valence-corrected chi connectivity index (χ1v) is 5.39. The van der Waals surface area contributed by atoms with Crippen molar-refractivity contribution in [1.29, 1.82) is 0 Å². The van der Waals surface area contributed by atoms with E-state index in [-0.39, 0.29) is 0 Å². The summed E-state index contributed by atoms with van der Waals surface area (Å²) < 4.78 is 0. The maximum absolute atomic E-state index is 3.36. The number of rotatable bonds is 0. The molecule has 0 bridgehead atoms. The van der Waals surface area contributed by atoms with Crippen molar-refractivity contribution < 1.29 is 0 Å². The highest BCUT2D eigenvalue weighted by atomic mass is 13.4. The first kappa shape index (κ1) is 29.4. The molecule has 0 aromatic rings. The van der Waals surface area contributed by atoms with E-state index in [0.717, 1.165) is 0 Å². The Hall–Kier alpha value is -0.520. The summed E-state index contributed by atoms with van der Waals surface area (Å²) in [4.78, 5) is 0. The van der Waals surface area contributed by atoms with Gasteiger partial charge in [-0.05, 0) is 13.8 Å². The lowest BCUT2D eigenvalue weighted by atomic mass is 10.6. The van der Waals surface area contributed by atoms with E-state index >= 15 is 0 Å². The molecule has 0 nitrogen and oxygen atoms in total. The third kappa shape index (κ3) is 3820. The zero-order chi connectivity index (χ0) is 12.1. The predicted octanol–water partition coefficient (Wildman–Crippen LogP) is 5.85. The van der Waals surface area contributed by atoms with Crippen molar-refractivity contribution in [3.8, 4) is 0 Å². The van der Waals surface area contributed by atoms with Crippen LogP contribution in [0.5, 0.6) is 0 Å². The van der Waals surface area contributed by atoms with Crippen molar-refractivity contribution in [1.82, 2.24) is 0 Å². The van der Waals surface area contributed by atoms with Crippen molar-refractivity contribution in [2.75, 3.05) is 0 Å². The Morgan fingerprint density at radius 1 is 0.769 bits per heavy atom. The van der Waals surface area contributed by atoms with Crippen LogP contribution < -0.4 is 0 Å². The molecule has 0 rings (SSSR count). The fourth-order valence-electron chi connectivity index (χ4n) is 0. The standard InChI is InChI=1S/C3H8.2C3H6.2C2H6/c3*1-3-2;2*1-2/h3H2,1-2H3;2*3H,1H2,2H3;2*1-2H3. The normalized spacial score (nSPS) is 4.31. The summed E-state index contributed by atoms with van der Waals surface area (Å²) in [5, 5.41) is 0. The fourth-order valence-corrected chi connectivity index (χ4v) is 0. The van der Waals surface area contributed by atoms with Crippen LogP contribution in [0.25, 0.3) is 0 Å². The Labute approximate surface area is 87.8 Å². The van der Waals surface area contributed by atoms with Gasteiger partial charge in [-0.1, -0.05) is 60.1 Å². The topological polar surface area (TPSA) is 0 Å². The number of hydrogen-bond acceptors (Lipinski definition) is 0. The molecular formula is C13H32. The molecule has 0 aromatic heterocycles. The summed E-state index contributed by atoms with van der Waals surface area (Å²) in [6.07, 6.45) is 4.75. The van der Waals surface area contributed by atoms with Crippen molar-refractivity contribution in [2.45, 2.75) is 61.8 Å². The second-order valence-corrected chi connectivity index (χ2v) is 1.52. The first-order valence-electron chi connectivity index (χ1n) is 5.39. The number of allylic oxidation sites excluding steroid dienone is 2. The van der Waals surface area contributed by atoms with E-state index in [1.165, 1.54) is 6.42 Å². The van der Waals surface area contributed by atoms with Crippen molar-refractivity contribution in [3.05, 3.63) is 25.3 Å². The summed E-state index contributed by atoms with van der Waals surface area (Å²) in [7, 11) is 0. The molecule has 13 heavy (non-hydrogen) atoms. The quantitative estimate of drug-likeness (QED) is 0.418. The Kier molecular flexibility index (Phi) is 464. The summed E-state index contributed by atoms with van der Waals surface area (Å²) in [5.41, 5.74) is 0. The third-order valence-electron chi connectivity index (χ3n) is 0. The lowest BCUT2D eigenvalue weighted by molar-refractivity contribution is 1.09. The summed E-state index contributed by atoms with van der Waals surface area (Å²) in [6.45, 7) is 22.8. The molecule has 0 heteroatoms. The Morgan fingerprint density at radius 2 is 0.769 bits per heavy atom. The van der Waals surface area contributed by atoms with Gasteiger partial charge in [0.05, 0.1) is 0 Å². The van der Waals surface area contributed by atoms with Gasteiger partial charge in [-0.3, -0.25) is 0 Å². The van der Waals surface area contributed by atoms with Crippen LogP contribution in [0.15, 0.2) is 25.3 Å². The molecule has 0 saturated carbocycles. The summed E-state index contributed by atoms with van der Waals surface area (Å²) in [5.74, 6) is 0. The van der Waals surface area contributed by atoms with Gasteiger partial charge in [0.25, 0.3) is 0 Å². The number of hydrogen-bond donors (Lipinski definition) is 0. The zero-order valence-electron chi connectivity index (χ0n) is 11.3. The molecular weight excluding hydrogens is 156 g/mol. The van der Waals surface area contributed by atoms with Gasteiger partial charge >= 0.3 is 0 Å². The summed E-state index contributed by atoms with van der Waals surface area (Å²) in [6, 6.07) is 0. The molecule has 0 aliphatic carbocycles. The molecule has 84 valence electrons. The van der Waals surface area contributed by atoms with Crippen LogP contribution in [0.3, 0.4) is 0 Å². The summed E-state index contributed by atoms with van der Waals surface area (Å²) >= 11 is 0. The van der Waals surface area contributed by atoms with Gasteiger partial charge in [-0.15, -0.1) is 13.2 Å². The molecule has 0 saturated heterocycles. The molecule has 0 spiro atoms. The van der Waals surface area contributed by atoms with E-state index < -0.39 is 0 Å². The van der Waals surface area contributed by atoms with E-state index in [4.69, 9.17) is 0 Å². The first-order chi connectivity index (χ1) is 6.24. The highest BCUT2D eigenvalue weighted by molar-refractivity contribution is 4.51. The lowest BCUT2D eigenvalue weighted by Crippen LogP contribution is -1.27. The van der Waals surface area contributed by atoms with E-state index in [1.54, 1.807) is 12.2 Å². The Bertz CT molecular complexity index is 29.3. The predicted molar refractivity (Wildman–Crippen MR) is 70.4 cm³/mol. The SMILES string of the molecule is C=CC.C=CC.CC.CC.CCC.